The highest BCUT2D eigenvalue weighted by atomic mass is 16.7. The van der Waals surface area contributed by atoms with Crippen molar-refractivity contribution >= 4 is 17.9 Å². The third-order valence-electron chi connectivity index (χ3n) is 13.9. The zero-order valence-corrected chi connectivity index (χ0v) is 53.8. The molecule has 0 spiro atoms. The third-order valence-corrected chi connectivity index (χ3v) is 13.9. The normalized spacial score (nSPS) is 13.6. The number of hydrogen-bond acceptors (Lipinski definition) is 7. The number of carbonyl (C=O) groups excluding carboxylic acids is 2. The molecule has 0 saturated carbocycles. The summed E-state index contributed by atoms with van der Waals surface area (Å²) in [6.45, 7) is 4.71. The van der Waals surface area contributed by atoms with Crippen LogP contribution in [0.2, 0.25) is 0 Å². The summed E-state index contributed by atoms with van der Waals surface area (Å²) in [4.78, 5) is 37.6. The predicted molar refractivity (Wildman–Crippen MR) is 354 cm³/mol. The average molecular weight is 1160 g/mol. The summed E-state index contributed by atoms with van der Waals surface area (Å²) < 4.78 is 22.9. The Labute approximate surface area is 509 Å². The average Bonchev–Trinajstić information content (AvgIpc) is 3.46. The summed E-state index contributed by atoms with van der Waals surface area (Å²) in [5.74, 6) is -2.06. The molecule has 0 heterocycles. The quantitative estimate of drug-likeness (QED) is 0.0211. The SMILES string of the molecule is CC/C=C\C/C=C\C/C=C\C/C=C\C/C=C\C/C=C\C/C=C\C/C=C\C/C=C\CCCCCC(=O)OC(COC(=O)CCCCCCCCCCCCCCCCC/C=C\C/C=C\CCCCCCC)COC(OCC[N+](C)(C)C)C(=O)O. The van der Waals surface area contributed by atoms with E-state index in [2.05, 4.69) is 148 Å². The van der Waals surface area contributed by atoms with Gasteiger partial charge in [-0.3, -0.25) is 9.59 Å². The molecule has 472 valence electrons. The summed E-state index contributed by atoms with van der Waals surface area (Å²) in [5, 5.41) is 9.73. The fourth-order valence-corrected chi connectivity index (χ4v) is 8.80. The molecule has 0 saturated heterocycles. The lowest BCUT2D eigenvalue weighted by Gasteiger charge is -2.25. The lowest BCUT2D eigenvalue weighted by Crippen LogP contribution is -2.40. The molecular formula is C74H124NO8+. The first-order valence-electron chi connectivity index (χ1n) is 33.3. The van der Waals surface area contributed by atoms with Crippen molar-refractivity contribution < 1.29 is 42.9 Å². The van der Waals surface area contributed by atoms with Crippen LogP contribution in [-0.2, 0) is 33.3 Å². The molecule has 83 heavy (non-hydrogen) atoms. The van der Waals surface area contributed by atoms with Gasteiger partial charge < -0.3 is 28.5 Å². The molecule has 0 amide bonds. The van der Waals surface area contributed by atoms with Gasteiger partial charge in [0.2, 0.25) is 0 Å². The van der Waals surface area contributed by atoms with Gasteiger partial charge in [-0.05, 0) is 116 Å². The molecule has 0 bridgehead atoms. The van der Waals surface area contributed by atoms with Gasteiger partial charge in [0.05, 0.1) is 34.4 Å². The van der Waals surface area contributed by atoms with E-state index in [1.54, 1.807) is 0 Å². The molecule has 0 aliphatic heterocycles. The first-order chi connectivity index (χ1) is 40.6. The molecule has 0 rings (SSSR count). The zero-order valence-electron chi connectivity index (χ0n) is 53.8. The van der Waals surface area contributed by atoms with Crippen molar-refractivity contribution in [3.63, 3.8) is 0 Å². The van der Waals surface area contributed by atoms with Crippen molar-refractivity contribution in [1.29, 1.82) is 0 Å². The van der Waals surface area contributed by atoms with E-state index in [1.807, 2.05) is 21.1 Å². The third kappa shape index (κ3) is 64.8. The lowest BCUT2D eigenvalue weighted by atomic mass is 10.0. The summed E-state index contributed by atoms with van der Waals surface area (Å²) in [5.41, 5.74) is 0. The molecule has 1 N–H and O–H groups in total. The van der Waals surface area contributed by atoms with Gasteiger partial charge in [-0.2, -0.15) is 0 Å². The lowest BCUT2D eigenvalue weighted by molar-refractivity contribution is -0.870. The van der Waals surface area contributed by atoms with Crippen molar-refractivity contribution in [1.82, 2.24) is 0 Å². The molecule has 0 aromatic carbocycles. The number of likely N-dealkylation sites (N-methyl/N-ethyl adjacent to an activating group) is 1. The summed E-state index contributed by atoms with van der Waals surface area (Å²) in [7, 11) is 5.95. The van der Waals surface area contributed by atoms with Gasteiger partial charge in [-0.15, -0.1) is 0 Å². The minimum atomic E-state index is -1.53. The summed E-state index contributed by atoms with van der Waals surface area (Å²) >= 11 is 0. The van der Waals surface area contributed by atoms with Crippen molar-refractivity contribution in [2.75, 3.05) is 47.5 Å². The van der Waals surface area contributed by atoms with Gasteiger partial charge in [-0.25, -0.2) is 4.79 Å². The standard InChI is InChI=1S/C74H123NO8/c1-6-8-10-12-14-16-18-20-22-24-26-28-30-32-34-35-36-37-39-41-43-45-47-49-51-53-55-57-59-61-63-65-72(77)83-70(69-82-74(73(78)79)80-67-66-75(3,4)5)68-81-71(76)64-62-60-58-56-54-52-50-48-46-44-42-40-38-33-31-29-27-25-23-21-19-17-15-13-11-9-7-2/h8,10,14,16,19-22,25-28,32,34,36-37,41,43,47,49,53,55,70,74H,6-7,9,11-13,15,17-18,23-24,29-31,33,35,38-40,42,44-46,48,50-52,54,56-69H2,1-5H3/p+1/b10-8-,16-14-,21-19-,22-20-,27-25-,28-26-,34-32-,37-36-,43-41-,49-47-,55-53-. The Bertz CT molecular complexity index is 1820. The Hall–Kier alpha value is -4.57. The molecule has 2 atom stereocenters. The topological polar surface area (TPSA) is 108 Å². The van der Waals surface area contributed by atoms with Crippen LogP contribution < -0.4 is 0 Å². The van der Waals surface area contributed by atoms with Crippen LogP contribution in [0.1, 0.15) is 258 Å². The second-order valence-electron chi connectivity index (χ2n) is 23.0. The second-order valence-corrected chi connectivity index (χ2v) is 23.0. The van der Waals surface area contributed by atoms with Crippen molar-refractivity contribution in [3.05, 3.63) is 134 Å². The molecule has 0 fully saturated rings. The molecule has 0 radical (unpaired) electrons. The van der Waals surface area contributed by atoms with Crippen molar-refractivity contribution in [2.45, 2.75) is 270 Å². The van der Waals surface area contributed by atoms with E-state index in [-0.39, 0.29) is 38.6 Å². The fraction of sp³-hybridized carbons (Fsp3) is 0.662. The number of esters is 2. The summed E-state index contributed by atoms with van der Waals surface area (Å²) in [6.07, 6.45) is 88.3. The number of nitrogens with zero attached hydrogens (tertiary/aromatic N) is 1. The van der Waals surface area contributed by atoms with Crippen LogP contribution >= 0.6 is 0 Å². The fourth-order valence-electron chi connectivity index (χ4n) is 8.80. The number of aliphatic carboxylic acids is 1. The number of allylic oxidation sites excluding steroid dienone is 22. The maximum Gasteiger partial charge on any atom is 0.361 e. The zero-order chi connectivity index (χ0) is 60.5. The van der Waals surface area contributed by atoms with Crippen LogP contribution in [0.15, 0.2) is 134 Å². The number of unbranched alkanes of at least 4 members (excludes halogenated alkanes) is 23. The number of quaternary nitrogens is 1. The van der Waals surface area contributed by atoms with Crippen LogP contribution in [0, 0.1) is 0 Å². The highest BCUT2D eigenvalue weighted by molar-refractivity contribution is 5.71. The molecule has 9 heteroatoms. The number of carboxylic acid groups (broad SMARTS) is 1. The van der Waals surface area contributed by atoms with Gasteiger partial charge in [0, 0.05) is 12.8 Å². The first kappa shape index (κ1) is 78.4. The van der Waals surface area contributed by atoms with Crippen LogP contribution in [0.25, 0.3) is 0 Å². The van der Waals surface area contributed by atoms with Gasteiger partial charge in [0.1, 0.15) is 13.2 Å². The second kappa shape index (κ2) is 63.5. The minimum Gasteiger partial charge on any atom is -0.477 e. The molecule has 0 aliphatic rings. The van der Waals surface area contributed by atoms with Gasteiger partial charge >= 0.3 is 17.9 Å². The number of carbonyl (C=O) groups is 3. The van der Waals surface area contributed by atoms with E-state index < -0.39 is 24.3 Å². The first-order valence-corrected chi connectivity index (χ1v) is 33.3. The van der Waals surface area contributed by atoms with Crippen LogP contribution in [0.4, 0.5) is 0 Å². The van der Waals surface area contributed by atoms with E-state index in [0.29, 0.717) is 17.4 Å². The smallest absolute Gasteiger partial charge is 0.361 e. The monoisotopic (exact) mass is 1150 g/mol. The maximum atomic E-state index is 12.9. The van der Waals surface area contributed by atoms with E-state index in [4.69, 9.17) is 18.9 Å². The largest absolute Gasteiger partial charge is 0.477 e. The number of carboxylic acids is 1. The minimum absolute atomic E-state index is 0.174. The molecule has 9 nitrogen and oxygen atoms in total. The van der Waals surface area contributed by atoms with E-state index in [9.17, 15) is 19.5 Å². The molecule has 0 aromatic rings. The Kier molecular flexibility index (Phi) is 60.0. The molecular weight excluding hydrogens is 1030 g/mol. The van der Waals surface area contributed by atoms with Crippen molar-refractivity contribution in [2.24, 2.45) is 0 Å². The van der Waals surface area contributed by atoms with Crippen LogP contribution in [0.5, 0.6) is 0 Å². The Balaban J connectivity index is 4.27. The predicted octanol–water partition coefficient (Wildman–Crippen LogP) is 20.6. The summed E-state index contributed by atoms with van der Waals surface area (Å²) in [6, 6.07) is 0. The Morgan fingerprint density at radius 3 is 1.04 bits per heavy atom. The van der Waals surface area contributed by atoms with Gasteiger partial charge in [0.25, 0.3) is 6.29 Å². The van der Waals surface area contributed by atoms with Crippen molar-refractivity contribution in [3.8, 4) is 0 Å². The highest BCUT2D eigenvalue weighted by Crippen LogP contribution is 2.16. The van der Waals surface area contributed by atoms with Gasteiger partial charge in [-0.1, -0.05) is 263 Å². The number of rotatable bonds is 60. The number of hydrogen-bond donors (Lipinski definition) is 1. The van der Waals surface area contributed by atoms with E-state index >= 15 is 0 Å². The van der Waals surface area contributed by atoms with Gasteiger partial charge in [0.15, 0.2) is 6.10 Å². The maximum absolute atomic E-state index is 12.9. The Morgan fingerprint density at radius 2 is 0.687 bits per heavy atom. The van der Waals surface area contributed by atoms with E-state index in [1.165, 1.54) is 122 Å². The highest BCUT2D eigenvalue weighted by Gasteiger charge is 2.25. The number of ether oxygens (including phenoxy) is 4. The van der Waals surface area contributed by atoms with Crippen LogP contribution in [0.3, 0.4) is 0 Å². The Morgan fingerprint density at radius 1 is 0.373 bits per heavy atom. The van der Waals surface area contributed by atoms with Crippen LogP contribution in [-0.4, -0.2) is 87.4 Å². The molecule has 0 aromatic heterocycles. The molecule has 2 unspecified atom stereocenters. The van der Waals surface area contributed by atoms with E-state index in [0.717, 1.165) is 103 Å². The molecule has 0 aliphatic carbocycles.